The van der Waals surface area contributed by atoms with Crippen molar-refractivity contribution in [2.24, 2.45) is 10.9 Å². The molecule has 0 spiro atoms. The fraction of sp³-hybridized carbons (Fsp3) is 0.474. The van der Waals surface area contributed by atoms with E-state index in [1.54, 1.807) is 7.05 Å². The number of aromatic nitrogens is 1. The van der Waals surface area contributed by atoms with Crippen LogP contribution in [0.4, 0.5) is 13.2 Å². The Morgan fingerprint density at radius 2 is 2.10 bits per heavy atom. The number of rotatable bonds is 6. The smallest absolute Gasteiger partial charge is 0.356 e. The molecule has 4 nitrogen and oxygen atoms in total. The van der Waals surface area contributed by atoms with Crippen LogP contribution in [-0.4, -0.2) is 48.3 Å². The molecule has 1 atom stereocenters. The van der Waals surface area contributed by atoms with Gasteiger partial charge in [0.2, 0.25) is 0 Å². The van der Waals surface area contributed by atoms with Gasteiger partial charge in [-0.2, -0.15) is 13.2 Å². The summed E-state index contributed by atoms with van der Waals surface area (Å²) in [6.45, 7) is 2.39. The summed E-state index contributed by atoms with van der Waals surface area (Å²) in [7, 11) is 1.74. The first-order valence-corrected chi connectivity index (χ1v) is 11.0. The maximum atomic E-state index is 12.6. The number of hydrogen-bond donors (Lipinski definition) is 1. The first kappa shape index (κ1) is 24.3. The van der Waals surface area contributed by atoms with Crippen LogP contribution in [0.5, 0.6) is 0 Å². The van der Waals surface area contributed by atoms with E-state index in [1.165, 1.54) is 4.90 Å². The van der Waals surface area contributed by atoms with Crippen molar-refractivity contribution in [3.8, 4) is 0 Å². The molecule has 1 aliphatic heterocycles. The summed E-state index contributed by atoms with van der Waals surface area (Å²) in [6, 6.07) is 10.4. The number of thiazole rings is 1. The minimum Gasteiger partial charge on any atom is -0.356 e. The zero-order valence-electron chi connectivity index (χ0n) is 16.0. The molecule has 1 saturated heterocycles. The lowest BCUT2D eigenvalue weighted by Crippen LogP contribution is -2.41. The molecule has 3 rings (SSSR count). The van der Waals surface area contributed by atoms with Gasteiger partial charge in [0.15, 0.2) is 11.7 Å². The van der Waals surface area contributed by atoms with Crippen LogP contribution < -0.4 is 5.32 Å². The predicted octanol–water partition coefficient (Wildman–Crippen LogP) is 5.01. The minimum absolute atomic E-state index is 0. The van der Waals surface area contributed by atoms with E-state index in [0.29, 0.717) is 23.9 Å². The number of nitrogens with zero attached hydrogens (tertiary/aromatic N) is 3. The summed E-state index contributed by atoms with van der Waals surface area (Å²) in [4.78, 5) is 11.5. The molecule has 2 aromatic rings. The summed E-state index contributed by atoms with van der Waals surface area (Å²) < 4.78 is 37.9. The molecule has 0 aliphatic carbocycles. The normalized spacial score (nSPS) is 17.3. The second-order valence-electron chi connectivity index (χ2n) is 6.57. The highest BCUT2D eigenvalue weighted by Gasteiger charge is 2.33. The molecule has 0 radical (unpaired) electrons. The van der Waals surface area contributed by atoms with Gasteiger partial charge in [0, 0.05) is 49.1 Å². The van der Waals surface area contributed by atoms with E-state index in [4.69, 9.17) is 0 Å². The lowest BCUT2D eigenvalue weighted by atomic mass is 10.2. The number of guanidine groups is 1. The van der Waals surface area contributed by atoms with E-state index in [2.05, 4.69) is 44.5 Å². The third kappa shape index (κ3) is 7.32. The number of thioether (sulfide) groups is 1. The molecule has 0 saturated carbocycles. The zero-order chi connectivity index (χ0) is 20.0. The average Bonchev–Trinajstić information content (AvgIpc) is 3.34. The van der Waals surface area contributed by atoms with E-state index in [0.717, 1.165) is 47.9 Å². The summed E-state index contributed by atoms with van der Waals surface area (Å²) in [5, 5.41) is 4.81. The van der Waals surface area contributed by atoms with Crippen molar-refractivity contribution < 1.29 is 13.2 Å². The van der Waals surface area contributed by atoms with E-state index < -0.39 is 11.9 Å². The number of aliphatic imine (C=N–C) groups is 1. The van der Waals surface area contributed by atoms with Gasteiger partial charge >= 0.3 is 6.18 Å². The largest absolute Gasteiger partial charge is 0.434 e. The van der Waals surface area contributed by atoms with Crippen molar-refractivity contribution in [2.45, 2.75) is 23.9 Å². The van der Waals surface area contributed by atoms with Crippen molar-refractivity contribution in [3.63, 3.8) is 0 Å². The number of benzene rings is 1. The van der Waals surface area contributed by atoms with Crippen molar-refractivity contribution in [3.05, 3.63) is 46.4 Å². The summed E-state index contributed by atoms with van der Waals surface area (Å²) >= 11 is 2.92. The second-order valence-corrected chi connectivity index (χ2v) is 8.61. The number of alkyl halides is 3. The van der Waals surface area contributed by atoms with Crippen LogP contribution in [0.1, 0.15) is 17.1 Å². The first-order chi connectivity index (χ1) is 13.5. The van der Waals surface area contributed by atoms with Crippen LogP contribution in [-0.2, 0) is 12.6 Å². The van der Waals surface area contributed by atoms with Gasteiger partial charge in [-0.3, -0.25) is 4.99 Å². The predicted molar refractivity (Wildman–Crippen MR) is 124 cm³/mol. The lowest BCUT2D eigenvalue weighted by Gasteiger charge is -2.21. The summed E-state index contributed by atoms with van der Waals surface area (Å²) in [5.74, 6) is 2.47. The average molecular weight is 556 g/mol. The molecule has 1 aromatic carbocycles. The Morgan fingerprint density at radius 1 is 1.34 bits per heavy atom. The molecule has 2 heterocycles. The van der Waals surface area contributed by atoms with Gasteiger partial charge in [0.05, 0.1) is 5.01 Å². The number of hydrogen-bond acceptors (Lipinski definition) is 4. The topological polar surface area (TPSA) is 40.5 Å². The van der Waals surface area contributed by atoms with Gasteiger partial charge in [0.1, 0.15) is 0 Å². The molecule has 1 aliphatic rings. The standard InChI is InChI=1S/C19H23F3N4S2.HI/c1-23-18(24-9-7-17-25-16(13-28-17)19(20,21)22)26-10-8-14(11-26)12-27-15-5-3-2-4-6-15;/h2-6,13-14H,7-12H2,1H3,(H,23,24);1H. The molecule has 1 unspecified atom stereocenters. The van der Waals surface area contributed by atoms with Crippen LogP contribution in [0, 0.1) is 5.92 Å². The molecule has 1 N–H and O–H groups in total. The van der Waals surface area contributed by atoms with Gasteiger partial charge in [-0.15, -0.1) is 47.1 Å². The van der Waals surface area contributed by atoms with Gasteiger partial charge in [-0.05, 0) is 24.5 Å². The van der Waals surface area contributed by atoms with Gasteiger partial charge in [0.25, 0.3) is 0 Å². The van der Waals surface area contributed by atoms with E-state index in [-0.39, 0.29) is 24.0 Å². The van der Waals surface area contributed by atoms with Gasteiger partial charge < -0.3 is 10.2 Å². The van der Waals surface area contributed by atoms with Crippen molar-refractivity contribution >= 4 is 53.0 Å². The first-order valence-electron chi connectivity index (χ1n) is 9.10. The Labute approximate surface area is 194 Å². The van der Waals surface area contributed by atoms with E-state index in [1.807, 2.05) is 17.8 Å². The number of halogens is 4. The second kappa shape index (κ2) is 11.4. The Morgan fingerprint density at radius 3 is 2.76 bits per heavy atom. The van der Waals surface area contributed by atoms with Crippen LogP contribution >= 0.6 is 47.1 Å². The highest BCUT2D eigenvalue weighted by Crippen LogP contribution is 2.30. The van der Waals surface area contributed by atoms with Crippen molar-refractivity contribution in [1.82, 2.24) is 15.2 Å². The Hall–Kier alpha value is -1.01. The van der Waals surface area contributed by atoms with Crippen LogP contribution in [0.15, 0.2) is 45.6 Å². The molecule has 10 heteroatoms. The third-order valence-corrected chi connectivity index (χ3v) is 6.64. The molecule has 0 amide bonds. The Kier molecular flexibility index (Phi) is 9.54. The van der Waals surface area contributed by atoms with Gasteiger partial charge in [-0.1, -0.05) is 18.2 Å². The quantitative estimate of drug-likeness (QED) is 0.235. The van der Waals surface area contributed by atoms with Gasteiger partial charge in [-0.25, -0.2) is 4.98 Å². The molecule has 1 aromatic heterocycles. The van der Waals surface area contributed by atoms with Crippen molar-refractivity contribution in [2.75, 3.05) is 32.4 Å². The minimum atomic E-state index is -4.37. The number of likely N-dealkylation sites (tertiary alicyclic amines) is 1. The SMILES string of the molecule is CN=C(NCCc1nc(C(F)(F)F)cs1)N1CCC(CSc2ccccc2)C1.I. The zero-order valence-corrected chi connectivity index (χ0v) is 19.9. The maximum absolute atomic E-state index is 12.6. The summed E-state index contributed by atoms with van der Waals surface area (Å²) in [5.41, 5.74) is -0.810. The summed E-state index contributed by atoms with van der Waals surface area (Å²) in [6.07, 6.45) is -2.82. The monoisotopic (exact) mass is 556 g/mol. The van der Waals surface area contributed by atoms with E-state index >= 15 is 0 Å². The Bertz CT molecular complexity index is 783. The molecule has 29 heavy (non-hydrogen) atoms. The molecule has 1 fully saturated rings. The molecular weight excluding hydrogens is 532 g/mol. The van der Waals surface area contributed by atoms with Crippen LogP contribution in [0.25, 0.3) is 0 Å². The number of nitrogens with one attached hydrogen (secondary N) is 1. The maximum Gasteiger partial charge on any atom is 0.434 e. The van der Waals surface area contributed by atoms with Crippen molar-refractivity contribution in [1.29, 1.82) is 0 Å². The molecular formula is C19H24F3IN4S2. The molecule has 0 bridgehead atoms. The molecule has 160 valence electrons. The highest BCUT2D eigenvalue weighted by molar-refractivity contribution is 14.0. The fourth-order valence-electron chi connectivity index (χ4n) is 3.06. The third-order valence-electron chi connectivity index (χ3n) is 4.49. The Balaban J connectivity index is 0.00000300. The van der Waals surface area contributed by atoms with Crippen LogP contribution in [0.3, 0.4) is 0 Å². The van der Waals surface area contributed by atoms with Crippen LogP contribution in [0.2, 0.25) is 0 Å². The highest BCUT2D eigenvalue weighted by atomic mass is 127. The fourth-order valence-corrected chi connectivity index (χ4v) is 4.92. The van der Waals surface area contributed by atoms with E-state index in [9.17, 15) is 13.2 Å². The lowest BCUT2D eigenvalue weighted by molar-refractivity contribution is -0.140.